The summed E-state index contributed by atoms with van der Waals surface area (Å²) in [6, 6.07) is 2.05. The third-order valence-electron chi connectivity index (χ3n) is 4.45. The van der Waals surface area contributed by atoms with Gasteiger partial charge >= 0.3 is 6.18 Å². The van der Waals surface area contributed by atoms with Crippen molar-refractivity contribution in [1.29, 1.82) is 5.41 Å². The number of methoxy groups -OCH3 is 1. The smallest absolute Gasteiger partial charge is 0.417 e. The van der Waals surface area contributed by atoms with Crippen LogP contribution >= 0.6 is 11.8 Å². The number of thioether (sulfide) groups is 1. The topological polar surface area (TPSA) is 82.4 Å². The lowest BCUT2D eigenvalue weighted by Crippen LogP contribution is -2.27. The molecule has 5 nitrogen and oxygen atoms in total. The van der Waals surface area contributed by atoms with Crippen LogP contribution in [0.1, 0.15) is 29.5 Å². The van der Waals surface area contributed by atoms with Crippen molar-refractivity contribution < 1.29 is 27.8 Å². The highest BCUT2D eigenvalue weighted by atomic mass is 32.2. The first-order valence-electron chi connectivity index (χ1n) is 8.70. The number of carbonyl (C=O) groups is 1. The van der Waals surface area contributed by atoms with Crippen LogP contribution in [0.25, 0.3) is 5.76 Å². The summed E-state index contributed by atoms with van der Waals surface area (Å²) in [5, 5.41) is 21.4. The van der Waals surface area contributed by atoms with Gasteiger partial charge in [-0.15, -0.1) is 11.8 Å². The van der Waals surface area contributed by atoms with Crippen LogP contribution in [0.2, 0.25) is 0 Å². The van der Waals surface area contributed by atoms with Crippen molar-refractivity contribution in [1.82, 2.24) is 5.32 Å². The van der Waals surface area contributed by atoms with E-state index in [0.29, 0.717) is 5.75 Å². The highest BCUT2D eigenvalue weighted by Gasteiger charge is 2.36. The number of halogens is 3. The number of amides is 1. The van der Waals surface area contributed by atoms with Gasteiger partial charge in [-0.05, 0) is 31.4 Å². The van der Waals surface area contributed by atoms with E-state index in [2.05, 4.69) is 5.32 Å². The number of hydrogen-bond acceptors (Lipinski definition) is 5. The Morgan fingerprint density at radius 2 is 2.04 bits per heavy atom. The first kappa shape index (κ1) is 22.3. The molecule has 154 valence electrons. The number of hydrogen-bond donors (Lipinski definition) is 3. The second-order valence-electron chi connectivity index (χ2n) is 6.44. The number of ether oxygens (including phenoxy) is 1. The van der Waals surface area contributed by atoms with Crippen LogP contribution in [-0.4, -0.2) is 43.2 Å². The first-order chi connectivity index (χ1) is 13.1. The summed E-state index contributed by atoms with van der Waals surface area (Å²) in [5.74, 6) is -0.924. The summed E-state index contributed by atoms with van der Waals surface area (Å²) in [5.41, 5.74) is -0.679. The zero-order chi connectivity index (χ0) is 21.1. The minimum Gasteiger partial charge on any atom is -0.506 e. The molecule has 1 aliphatic carbocycles. The molecule has 0 spiro atoms. The van der Waals surface area contributed by atoms with Gasteiger partial charge in [0.05, 0.1) is 17.9 Å². The minimum absolute atomic E-state index is 0.00438. The molecule has 0 saturated heterocycles. The molecule has 1 saturated carbocycles. The maximum atomic E-state index is 13.4. The third-order valence-corrected chi connectivity index (χ3v) is 5.63. The van der Waals surface area contributed by atoms with Gasteiger partial charge in [-0.3, -0.25) is 4.79 Å². The molecule has 3 N–H and O–H groups in total. The monoisotopic (exact) mass is 416 g/mol. The molecule has 0 unspecified atom stereocenters. The summed E-state index contributed by atoms with van der Waals surface area (Å²) in [6.07, 6.45) is -3.06. The Balaban J connectivity index is 2.60. The predicted molar refractivity (Wildman–Crippen MR) is 103 cm³/mol. The van der Waals surface area contributed by atoms with Gasteiger partial charge in [0.1, 0.15) is 11.3 Å². The van der Waals surface area contributed by atoms with Crippen molar-refractivity contribution in [3.8, 4) is 0 Å². The number of aliphatic hydroxyl groups excluding tert-OH is 1. The molecule has 0 radical (unpaired) electrons. The second-order valence-corrected chi connectivity index (χ2v) is 7.55. The van der Waals surface area contributed by atoms with Gasteiger partial charge in [0.2, 0.25) is 0 Å². The van der Waals surface area contributed by atoms with Gasteiger partial charge in [-0.25, -0.2) is 0 Å². The number of benzene rings is 1. The summed E-state index contributed by atoms with van der Waals surface area (Å²) in [6.45, 7) is 1.74. The quantitative estimate of drug-likeness (QED) is 0.195. The lowest BCUT2D eigenvalue weighted by molar-refractivity contribution is -0.139. The molecule has 0 aliphatic heterocycles. The maximum absolute atomic E-state index is 13.4. The third kappa shape index (κ3) is 4.88. The zero-order valence-electron chi connectivity index (χ0n) is 15.9. The minimum atomic E-state index is -4.55. The van der Waals surface area contributed by atoms with Gasteiger partial charge in [0.25, 0.3) is 5.91 Å². The molecule has 1 aromatic carbocycles. The lowest BCUT2D eigenvalue weighted by Gasteiger charge is -2.19. The van der Waals surface area contributed by atoms with E-state index in [1.54, 1.807) is 0 Å². The maximum Gasteiger partial charge on any atom is 0.417 e. The number of likely N-dealkylation sites (N-methyl/N-ethyl adjacent to an activating group) is 1. The van der Waals surface area contributed by atoms with Gasteiger partial charge < -0.3 is 20.6 Å². The molecule has 0 atom stereocenters. The van der Waals surface area contributed by atoms with Crippen LogP contribution in [0.15, 0.2) is 22.6 Å². The van der Waals surface area contributed by atoms with E-state index in [1.807, 2.05) is 0 Å². The average molecular weight is 416 g/mol. The Hall–Kier alpha value is -2.00. The van der Waals surface area contributed by atoms with E-state index >= 15 is 0 Å². The standard InChI is InChI=1S/C19H23F3N2O3S/c1-10-12(16(25)14(18(26)24-2)15(23)11-4-5-11)6-7-13(19(20,21)22)17(10)28-9-8-27-3/h6-7,11,23,25H,4-5,8-9H2,1-3H3,(H,24,26)/b16-14+,23-15?. The molecule has 28 heavy (non-hydrogen) atoms. The molecule has 0 bridgehead atoms. The van der Waals surface area contributed by atoms with E-state index < -0.39 is 23.4 Å². The highest BCUT2D eigenvalue weighted by Crippen LogP contribution is 2.41. The SMILES string of the molecule is CNC(=O)/C(C(=N)C1CC1)=C(/O)c1ccc(C(F)(F)F)c(SCCOC)c1C. The van der Waals surface area contributed by atoms with Crippen molar-refractivity contribution >= 4 is 29.1 Å². The lowest BCUT2D eigenvalue weighted by atomic mass is 9.96. The Bertz CT molecular complexity index is 802. The number of aliphatic hydroxyl groups is 1. The van der Waals surface area contributed by atoms with E-state index in [-0.39, 0.29) is 39.8 Å². The van der Waals surface area contributed by atoms with E-state index in [0.717, 1.165) is 36.7 Å². The van der Waals surface area contributed by atoms with Gasteiger partial charge in [0, 0.05) is 36.3 Å². The fourth-order valence-corrected chi connectivity index (χ4v) is 3.90. The zero-order valence-corrected chi connectivity index (χ0v) is 16.7. The summed E-state index contributed by atoms with van der Waals surface area (Å²) in [7, 11) is 2.84. The van der Waals surface area contributed by atoms with Crippen LogP contribution in [0, 0.1) is 18.3 Å². The number of carbonyl (C=O) groups excluding carboxylic acids is 1. The largest absolute Gasteiger partial charge is 0.506 e. The Morgan fingerprint density at radius 1 is 1.39 bits per heavy atom. The van der Waals surface area contributed by atoms with Crippen LogP contribution in [0.5, 0.6) is 0 Å². The molecule has 1 aliphatic rings. The van der Waals surface area contributed by atoms with Gasteiger partial charge in [-0.2, -0.15) is 13.2 Å². The van der Waals surface area contributed by atoms with E-state index in [4.69, 9.17) is 10.1 Å². The van der Waals surface area contributed by atoms with Crippen LogP contribution in [-0.2, 0) is 15.7 Å². The molecule has 0 heterocycles. The van der Waals surface area contributed by atoms with Gasteiger partial charge in [-0.1, -0.05) is 6.07 Å². The van der Waals surface area contributed by atoms with E-state index in [1.165, 1.54) is 21.1 Å². The number of nitrogens with one attached hydrogen (secondary N) is 2. The van der Waals surface area contributed by atoms with E-state index in [9.17, 15) is 23.1 Å². The summed E-state index contributed by atoms with van der Waals surface area (Å²) in [4.78, 5) is 12.2. The molecular formula is C19H23F3N2O3S. The first-order valence-corrected chi connectivity index (χ1v) is 9.69. The molecule has 1 aromatic rings. The predicted octanol–water partition coefficient (Wildman–Crippen LogP) is 4.20. The molecule has 2 rings (SSSR count). The number of alkyl halides is 3. The van der Waals surface area contributed by atoms with Crippen LogP contribution in [0.3, 0.4) is 0 Å². The highest BCUT2D eigenvalue weighted by molar-refractivity contribution is 7.99. The fraction of sp³-hybridized carbons (Fsp3) is 0.474. The fourth-order valence-electron chi connectivity index (χ4n) is 2.78. The normalized spacial score (nSPS) is 15.2. The average Bonchev–Trinajstić information content (AvgIpc) is 3.47. The number of rotatable bonds is 8. The molecule has 1 amide bonds. The molecular weight excluding hydrogens is 393 g/mol. The summed E-state index contributed by atoms with van der Waals surface area (Å²) >= 11 is 0.977. The molecule has 0 aromatic heterocycles. The Kier molecular flexibility index (Phi) is 7.16. The Labute approximate surface area is 165 Å². The van der Waals surface area contributed by atoms with Crippen LogP contribution in [0.4, 0.5) is 13.2 Å². The molecule has 1 fully saturated rings. The Morgan fingerprint density at radius 3 is 2.54 bits per heavy atom. The molecule has 9 heteroatoms. The van der Waals surface area contributed by atoms with Crippen molar-refractivity contribution in [2.45, 2.75) is 30.8 Å². The summed E-state index contributed by atoms with van der Waals surface area (Å²) < 4.78 is 45.2. The van der Waals surface area contributed by atoms with Crippen LogP contribution < -0.4 is 5.32 Å². The second kappa shape index (κ2) is 9.00. The van der Waals surface area contributed by atoms with Gasteiger partial charge in [0.15, 0.2) is 0 Å². The van der Waals surface area contributed by atoms with Crippen molar-refractivity contribution in [3.63, 3.8) is 0 Å². The van der Waals surface area contributed by atoms with Crippen molar-refractivity contribution in [2.75, 3.05) is 26.5 Å². The van der Waals surface area contributed by atoms with Crippen molar-refractivity contribution in [2.24, 2.45) is 5.92 Å². The van der Waals surface area contributed by atoms with Crippen molar-refractivity contribution in [3.05, 3.63) is 34.4 Å².